The van der Waals surface area contributed by atoms with E-state index in [1.54, 1.807) is 0 Å². The molecule has 2 aromatic rings. The zero-order chi connectivity index (χ0) is 17.1. The van der Waals surface area contributed by atoms with Crippen LogP contribution in [0, 0.1) is 5.92 Å². The molecule has 0 unspecified atom stereocenters. The number of benzene rings is 1. The van der Waals surface area contributed by atoms with Crippen molar-refractivity contribution in [2.75, 3.05) is 11.9 Å². The van der Waals surface area contributed by atoms with Gasteiger partial charge in [0, 0.05) is 22.8 Å². The third-order valence-corrected chi connectivity index (χ3v) is 5.30. The van der Waals surface area contributed by atoms with E-state index in [2.05, 4.69) is 42.5 Å². The highest BCUT2D eigenvalue weighted by Gasteiger charge is 2.46. The third-order valence-electron chi connectivity index (χ3n) is 5.30. The molecule has 5 heteroatoms. The van der Waals surface area contributed by atoms with Gasteiger partial charge >= 0.3 is 0 Å². The van der Waals surface area contributed by atoms with Crippen LogP contribution in [0.25, 0.3) is 10.9 Å². The van der Waals surface area contributed by atoms with E-state index in [-0.39, 0.29) is 23.9 Å². The smallest absolute Gasteiger partial charge is 0.247 e. The number of carbonyl (C=O) groups is 1. The van der Waals surface area contributed by atoms with Gasteiger partial charge in [0.1, 0.15) is 11.8 Å². The van der Waals surface area contributed by atoms with Crippen molar-refractivity contribution in [1.82, 2.24) is 9.88 Å². The van der Waals surface area contributed by atoms with Crippen molar-refractivity contribution in [3.05, 3.63) is 30.0 Å². The Labute approximate surface area is 142 Å². The summed E-state index contributed by atoms with van der Waals surface area (Å²) in [7, 11) is 0. The minimum absolute atomic E-state index is 0.0701. The van der Waals surface area contributed by atoms with Gasteiger partial charge in [-0.3, -0.25) is 4.79 Å². The fourth-order valence-corrected chi connectivity index (χ4v) is 4.10. The predicted octanol–water partition coefficient (Wildman–Crippen LogP) is 3.12. The lowest BCUT2D eigenvalue weighted by Gasteiger charge is -2.37. The SMILES string of the molecule is CC(C)[C@@H]1Nc2cccc3[nH]cc(c23)C[C@@H]2COC(C)(C)N2C1=O. The number of carbonyl (C=O) groups excluding carboxylic acids is 1. The average Bonchev–Trinajstić information content (AvgIpc) is 3.06. The number of ether oxygens (including phenoxy) is 1. The Morgan fingerprint density at radius 1 is 1.33 bits per heavy atom. The van der Waals surface area contributed by atoms with Gasteiger partial charge < -0.3 is 19.9 Å². The highest BCUT2D eigenvalue weighted by Crippen LogP contribution is 2.36. The molecule has 1 fully saturated rings. The number of nitrogens with zero attached hydrogens (tertiary/aromatic N) is 1. The average molecular weight is 327 g/mol. The molecule has 0 aliphatic carbocycles. The first-order valence-electron chi connectivity index (χ1n) is 8.71. The van der Waals surface area contributed by atoms with Crippen molar-refractivity contribution in [3.63, 3.8) is 0 Å². The van der Waals surface area contributed by atoms with Crippen molar-refractivity contribution < 1.29 is 9.53 Å². The number of fused-ring (bicyclic) bond motifs is 1. The topological polar surface area (TPSA) is 57.4 Å². The van der Waals surface area contributed by atoms with Crippen LogP contribution in [0.2, 0.25) is 0 Å². The summed E-state index contributed by atoms with van der Waals surface area (Å²) in [5.41, 5.74) is 2.82. The molecule has 24 heavy (non-hydrogen) atoms. The molecular weight excluding hydrogens is 302 g/mol. The van der Waals surface area contributed by atoms with Gasteiger partial charge in [0.15, 0.2) is 0 Å². The molecule has 1 aromatic carbocycles. The molecule has 1 saturated heterocycles. The molecule has 0 radical (unpaired) electrons. The van der Waals surface area contributed by atoms with E-state index in [4.69, 9.17) is 4.74 Å². The second-order valence-corrected chi connectivity index (χ2v) is 7.73. The van der Waals surface area contributed by atoms with Crippen LogP contribution >= 0.6 is 0 Å². The van der Waals surface area contributed by atoms with Crippen LogP contribution in [0.4, 0.5) is 5.69 Å². The van der Waals surface area contributed by atoms with Gasteiger partial charge in [-0.15, -0.1) is 0 Å². The number of aromatic amines is 1. The minimum atomic E-state index is -0.567. The van der Waals surface area contributed by atoms with Crippen molar-refractivity contribution in [2.24, 2.45) is 5.92 Å². The van der Waals surface area contributed by atoms with E-state index in [0.717, 1.165) is 17.6 Å². The summed E-state index contributed by atoms with van der Waals surface area (Å²) in [6.45, 7) is 8.73. The van der Waals surface area contributed by atoms with Crippen molar-refractivity contribution in [3.8, 4) is 0 Å². The lowest BCUT2D eigenvalue weighted by atomic mass is 10.00. The van der Waals surface area contributed by atoms with Gasteiger partial charge in [0.25, 0.3) is 0 Å². The molecule has 2 aliphatic rings. The number of rotatable bonds is 1. The van der Waals surface area contributed by atoms with Gasteiger partial charge in [-0.05, 0) is 43.9 Å². The number of amides is 1. The lowest BCUT2D eigenvalue weighted by Crippen LogP contribution is -2.55. The largest absolute Gasteiger partial charge is 0.373 e. The molecule has 2 N–H and O–H groups in total. The number of nitrogens with one attached hydrogen (secondary N) is 2. The maximum atomic E-state index is 13.4. The quantitative estimate of drug-likeness (QED) is 0.846. The standard InChI is InChI=1S/C19H25N3O2/c1-11(2)17-18(23)22-13(10-24-19(22,3)4)8-12-9-20-14-6-5-7-15(21-17)16(12)14/h5-7,9,11,13,17,20-21H,8,10H2,1-4H3/t13-,17+/m1/s1. The Kier molecular flexibility index (Phi) is 3.39. The lowest BCUT2D eigenvalue weighted by molar-refractivity contribution is -0.147. The summed E-state index contributed by atoms with van der Waals surface area (Å²) < 4.78 is 5.97. The van der Waals surface area contributed by atoms with E-state index in [1.807, 2.05) is 24.8 Å². The molecule has 2 atom stereocenters. The van der Waals surface area contributed by atoms with Crippen molar-refractivity contribution >= 4 is 22.5 Å². The number of anilines is 1. The first-order chi connectivity index (χ1) is 11.4. The molecule has 4 rings (SSSR count). The maximum Gasteiger partial charge on any atom is 0.247 e. The van der Waals surface area contributed by atoms with E-state index >= 15 is 0 Å². The van der Waals surface area contributed by atoms with Gasteiger partial charge in [-0.25, -0.2) is 0 Å². The van der Waals surface area contributed by atoms with Crippen LogP contribution in [0.5, 0.6) is 0 Å². The van der Waals surface area contributed by atoms with E-state index in [9.17, 15) is 4.79 Å². The summed E-state index contributed by atoms with van der Waals surface area (Å²) >= 11 is 0. The van der Waals surface area contributed by atoms with Gasteiger partial charge in [0.2, 0.25) is 5.91 Å². The number of hydrogen-bond donors (Lipinski definition) is 2. The Morgan fingerprint density at radius 2 is 2.12 bits per heavy atom. The fourth-order valence-electron chi connectivity index (χ4n) is 4.10. The Morgan fingerprint density at radius 3 is 2.88 bits per heavy atom. The Balaban J connectivity index is 1.89. The summed E-state index contributed by atoms with van der Waals surface area (Å²) in [6, 6.07) is 5.99. The molecule has 128 valence electrons. The summed E-state index contributed by atoms with van der Waals surface area (Å²) in [4.78, 5) is 18.7. The fraction of sp³-hybridized carbons (Fsp3) is 0.526. The molecule has 3 heterocycles. The molecule has 1 aromatic heterocycles. The van der Waals surface area contributed by atoms with Gasteiger partial charge in [-0.1, -0.05) is 19.9 Å². The van der Waals surface area contributed by atoms with Crippen LogP contribution in [-0.4, -0.2) is 40.2 Å². The summed E-state index contributed by atoms with van der Waals surface area (Å²) in [5.74, 6) is 0.314. The van der Waals surface area contributed by atoms with E-state index in [0.29, 0.717) is 6.61 Å². The number of aromatic nitrogens is 1. The first kappa shape index (κ1) is 15.5. The maximum absolute atomic E-state index is 13.4. The Bertz CT molecular complexity index is 793. The minimum Gasteiger partial charge on any atom is -0.373 e. The van der Waals surface area contributed by atoms with Crippen LogP contribution in [0.15, 0.2) is 24.4 Å². The molecule has 0 saturated carbocycles. The zero-order valence-corrected chi connectivity index (χ0v) is 14.7. The molecular formula is C19H25N3O2. The van der Waals surface area contributed by atoms with Crippen molar-refractivity contribution in [1.29, 1.82) is 0 Å². The van der Waals surface area contributed by atoms with Crippen LogP contribution in [-0.2, 0) is 16.0 Å². The Hall–Kier alpha value is -2.01. The second kappa shape index (κ2) is 5.24. The van der Waals surface area contributed by atoms with Gasteiger partial charge in [0.05, 0.1) is 12.6 Å². The molecule has 0 bridgehead atoms. The van der Waals surface area contributed by atoms with E-state index < -0.39 is 5.72 Å². The monoisotopic (exact) mass is 327 g/mol. The number of H-pyrrole nitrogens is 1. The first-order valence-corrected chi connectivity index (χ1v) is 8.71. The summed E-state index contributed by atoms with van der Waals surface area (Å²) in [5, 5.41) is 4.72. The molecule has 1 amide bonds. The molecule has 2 aliphatic heterocycles. The highest BCUT2D eigenvalue weighted by atomic mass is 16.5. The zero-order valence-electron chi connectivity index (χ0n) is 14.7. The summed E-state index contributed by atoms with van der Waals surface area (Å²) in [6.07, 6.45) is 2.87. The van der Waals surface area contributed by atoms with Crippen LogP contribution < -0.4 is 5.32 Å². The highest BCUT2D eigenvalue weighted by molar-refractivity contribution is 5.97. The van der Waals surface area contributed by atoms with Gasteiger partial charge in [-0.2, -0.15) is 0 Å². The molecule has 0 spiro atoms. The van der Waals surface area contributed by atoms with Crippen molar-refractivity contribution in [2.45, 2.75) is 51.9 Å². The second-order valence-electron chi connectivity index (χ2n) is 7.73. The normalized spacial score (nSPS) is 26.0. The molecule has 5 nitrogen and oxygen atoms in total. The third kappa shape index (κ3) is 2.22. The van der Waals surface area contributed by atoms with E-state index in [1.165, 1.54) is 10.9 Å². The van der Waals surface area contributed by atoms with Crippen LogP contribution in [0.1, 0.15) is 33.3 Å². The number of hydrogen-bond acceptors (Lipinski definition) is 3. The van der Waals surface area contributed by atoms with Crippen LogP contribution in [0.3, 0.4) is 0 Å². The predicted molar refractivity (Wildman–Crippen MR) is 94.9 cm³/mol.